The van der Waals surface area contributed by atoms with Crippen LogP contribution in [0.4, 0.5) is 0 Å². The second-order valence-electron chi connectivity index (χ2n) is 4.25. The van der Waals surface area contributed by atoms with Gasteiger partial charge in [0, 0.05) is 22.1 Å². The summed E-state index contributed by atoms with van der Waals surface area (Å²) in [5, 5.41) is 1.62. The Labute approximate surface area is 119 Å². The van der Waals surface area contributed by atoms with Gasteiger partial charge in [-0.15, -0.1) is 0 Å². The number of fused-ring (bicyclic) bond motifs is 1. The standard InChI is InChI=1S/C14H9Cl2NO2/c1-7-2-3-12(19-7)14(18)9-6-17-11-5-8(15)4-10(16)13(9)11/h2-6,17H,1H3. The SMILES string of the molecule is Cc1ccc(C(=O)c2c[nH]c3cc(Cl)cc(Cl)c23)o1. The third kappa shape index (κ3) is 2.05. The van der Waals surface area contributed by atoms with Crippen molar-refractivity contribution in [3.8, 4) is 0 Å². The zero-order chi connectivity index (χ0) is 13.6. The van der Waals surface area contributed by atoms with E-state index >= 15 is 0 Å². The van der Waals surface area contributed by atoms with Crippen molar-refractivity contribution < 1.29 is 9.21 Å². The van der Waals surface area contributed by atoms with Gasteiger partial charge in [-0.05, 0) is 31.2 Å². The third-order valence-corrected chi connectivity index (χ3v) is 3.42. The number of rotatable bonds is 2. The monoisotopic (exact) mass is 293 g/mol. The number of ketones is 1. The number of benzene rings is 1. The van der Waals surface area contributed by atoms with E-state index in [0.29, 0.717) is 32.5 Å². The number of hydrogen-bond donors (Lipinski definition) is 1. The lowest BCUT2D eigenvalue weighted by atomic mass is 10.1. The highest BCUT2D eigenvalue weighted by atomic mass is 35.5. The third-order valence-electron chi connectivity index (χ3n) is 2.91. The number of carbonyl (C=O) groups excluding carboxylic acids is 1. The molecule has 0 unspecified atom stereocenters. The summed E-state index contributed by atoms with van der Waals surface area (Å²) < 4.78 is 5.35. The molecule has 0 aliphatic heterocycles. The summed E-state index contributed by atoms with van der Waals surface area (Å²) in [6, 6.07) is 6.75. The fraction of sp³-hybridized carbons (Fsp3) is 0.0714. The molecule has 1 N–H and O–H groups in total. The van der Waals surface area contributed by atoms with Crippen molar-refractivity contribution >= 4 is 39.9 Å². The van der Waals surface area contributed by atoms with Crippen molar-refractivity contribution in [1.29, 1.82) is 0 Å². The largest absolute Gasteiger partial charge is 0.458 e. The molecule has 0 aliphatic rings. The van der Waals surface area contributed by atoms with Crippen molar-refractivity contribution in [1.82, 2.24) is 4.98 Å². The lowest BCUT2D eigenvalue weighted by Crippen LogP contribution is -1.98. The number of carbonyl (C=O) groups is 1. The zero-order valence-corrected chi connectivity index (χ0v) is 11.5. The molecule has 2 heterocycles. The second-order valence-corrected chi connectivity index (χ2v) is 5.10. The molecular weight excluding hydrogens is 285 g/mol. The summed E-state index contributed by atoms with van der Waals surface area (Å²) >= 11 is 12.1. The Kier molecular flexibility index (Phi) is 2.88. The number of halogens is 2. The predicted octanol–water partition coefficient (Wildman–Crippen LogP) is 4.61. The number of hydrogen-bond acceptors (Lipinski definition) is 2. The van der Waals surface area contributed by atoms with Gasteiger partial charge in [0.25, 0.3) is 0 Å². The molecule has 0 fully saturated rings. The predicted molar refractivity (Wildman–Crippen MR) is 75.2 cm³/mol. The highest BCUT2D eigenvalue weighted by molar-refractivity contribution is 6.40. The van der Waals surface area contributed by atoms with Gasteiger partial charge in [-0.3, -0.25) is 4.79 Å². The molecular formula is C14H9Cl2NO2. The van der Waals surface area contributed by atoms with E-state index in [-0.39, 0.29) is 5.78 Å². The molecule has 0 saturated carbocycles. The van der Waals surface area contributed by atoms with E-state index in [1.807, 2.05) is 0 Å². The molecule has 3 nitrogen and oxygen atoms in total. The number of nitrogens with one attached hydrogen (secondary N) is 1. The number of aromatic amines is 1. The molecule has 3 rings (SSSR count). The van der Waals surface area contributed by atoms with Gasteiger partial charge in [0.15, 0.2) is 5.76 Å². The van der Waals surface area contributed by atoms with Crippen molar-refractivity contribution in [3.63, 3.8) is 0 Å². The maximum Gasteiger partial charge on any atom is 0.230 e. The van der Waals surface area contributed by atoms with Gasteiger partial charge < -0.3 is 9.40 Å². The van der Waals surface area contributed by atoms with Gasteiger partial charge in [-0.1, -0.05) is 23.2 Å². The first-order valence-electron chi connectivity index (χ1n) is 5.63. The second kappa shape index (κ2) is 4.44. The Hall–Kier alpha value is -1.71. The topological polar surface area (TPSA) is 46.0 Å². The number of furan rings is 1. The van der Waals surface area contributed by atoms with Crippen LogP contribution in [0.2, 0.25) is 10.0 Å². The highest BCUT2D eigenvalue weighted by Crippen LogP contribution is 2.31. The molecule has 0 spiro atoms. The lowest BCUT2D eigenvalue weighted by molar-refractivity contribution is 0.101. The summed E-state index contributed by atoms with van der Waals surface area (Å²) in [4.78, 5) is 15.4. The molecule has 0 amide bonds. The molecule has 0 bridgehead atoms. The highest BCUT2D eigenvalue weighted by Gasteiger charge is 2.19. The summed E-state index contributed by atoms with van der Waals surface area (Å²) in [5.41, 5.74) is 1.20. The van der Waals surface area contributed by atoms with Crippen LogP contribution in [0, 0.1) is 6.92 Å². The van der Waals surface area contributed by atoms with E-state index in [1.165, 1.54) is 0 Å². The van der Waals surface area contributed by atoms with Gasteiger partial charge in [0.2, 0.25) is 5.78 Å². The Balaban J connectivity index is 2.18. The first-order valence-corrected chi connectivity index (χ1v) is 6.39. The Bertz CT molecular complexity index is 786. The molecule has 5 heteroatoms. The summed E-state index contributed by atoms with van der Waals surface area (Å²) in [6.45, 7) is 1.79. The first kappa shape index (κ1) is 12.3. The van der Waals surface area contributed by atoms with Gasteiger partial charge in [-0.2, -0.15) is 0 Å². The van der Waals surface area contributed by atoms with E-state index in [9.17, 15) is 4.79 Å². The maximum absolute atomic E-state index is 12.4. The van der Waals surface area contributed by atoms with Gasteiger partial charge in [0.05, 0.1) is 10.6 Å². The maximum atomic E-state index is 12.4. The minimum absolute atomic E-state index is 0.205. The Morgan fingerprint density at radius 3 is 2.74 bits per heavy atom. The van der Waals surface area contributed by atoms with Crippen molar-refractivity contribution in [3.05, 3.63) is 57.6 Å². The molecule has 3 aromatic rings. The summed E-state index contributed by atoms with van der Waals surface area (Å²) in [5.74, 6) is 0.783. The fourth-order valence-electron chi connectivity index (χ4n) is 2.05. The van der Waals surface area contributed by atoms with E-state index in [1.54, 1.807) is 37.4 Å². The number of aryl methyl sites for hydroxylation is 1. The van der Waals surface area contributed by atoms with Crippen LogP contribution in [0.5, 0.6) is 0 Å². The van der Waals surface area contributed by atoms with Crippen LogP contribution in [-0.2, 0) is 0 Å². The summed E-state index contributed by atoms with van der Waals surface area (Å²) in [6.07, 6.45) is 1.62. The minimum Gasteiger partial charge on any atom is -0.458 e. The van der Waals surface area contributed by atoms with Crippen molar-refractivity contribution in [2.45, 2.75) is 6.92 Å². The van der Waals surface area contributed by atoms with Crippen LogP contribution in [-0.4, -0.2) is 10.8 Å². The number of H-pyrrole nitrogens is 1. The van der Waals surface area contributed by atoms with Gasteiger partial charge in [-0.25, -0.2) is 0 Å². The zero-order valence-electron chi connectivity index (χ0n) is 9.96. The average Bonchev–Trinajstić information content (AvgIpc) is 2.94. The van der Waals surface area contributed by atoms with Gasteiger partial charge in [0.1, 0.15) is 5.76 Å². The molecule has 19 heavy (non-hydrogen) atoms. The van der Waals surface area contributed by atoms with E-state index in [0.717, 1.165) is 5.52 Å². The molecule has 0 radical (unpaired) electrons. The van der Waals surface area contributed by atoms with Crippen LogP contribution >= 0.6 is 23.2 Å². The molecule has 0 aliphatic carbocycles. The van der Waals surface area contributed by atoms with Crippen molar-refractivity contribution in [2.75, 3.05) is 0 Å². The fourth-order valence-corrected chi connectivity index (χ4v) is 2.65. The van der Waals surface area contributed by atoms with Crippen LogP contribution in [0.15, 0.2) is 34.9 Å². The minimum atomic E-state index is -0.205. The molecule has 0 atom stereocenters. The quantitative estimate of drug-likeness (QED) is 0.702. The van der Waals surface area contributed by atoms with Crippen LogP contribution < -0.4 is 0 Å². The first-order chi connectivity index (χ1) is 9.06. The van der Waals surface area contributed by atoms with E-state index in [2.05, 4.69) is 4.98 Å². The Morgan fingerprint density at radius 1 is 1.26 bits per heavy atom. The molecule has 0 saturated heterocycles. The Morgan fingerprint density at radius 2 is 2.05 bits per heavy atom. The van der Waals surface area contributed by atoms with Crippen LogP contribution in [0.25, 0.3) is 10.9 Å². The molecule has 96 valence electrons. The van der Waals surface area contributed by atoms with E-state index in [4.69, 9.17) is 27.6 Å². The van der Waals surface area contributed by atoms with Crippen LogP contribution in [0.3, 0.4) is 0 Å². The summed E-state index contributed by atoms with van der Waals surface area (Å²) in [7, 11) is 0. The number of aromatic nitrogens is 1. The normalized spacial score (nSPS) is 11.1. The van der Waals surface area contributed by atoms with E-state index < -0.39 is 0 Å². The average molecular weight is 294 g/mol. The molecule has 1 aromatic carbocycles. The van der Waals surface area contributed by atoms with Gasteiger partial charge >= 0.3 is 0 Å². The smallest absolute Gasteiger partial charge is 0.230 e. The van der Waals surface area contributed by atoms with Crippen molar-refractivity contribution in [2.24, 2.45) is 0 Å². The lowest BCUT2D eigenvalue weighted by Gasteiger charge is -1.99. The molecule has 2 aromatic heterocycles. The van der Waals surface area contributed by atoms with Crippen LogP contribution in [0.1, 0.15) is 21.9 Å².